The van der Waals surface area contributed by atoms with Crippen molar-refractivity contribution in [1.82, 2.24) is 9.55 Å². The van der Waals surface area contributed by atoms with Gasteiger partial charge < -0.3 is 15.0 Å². The second kappa shape index (κ2) is 4.04. The quantitative estimate of drug-likeness (QED) is 0.849. The van der Waals surface area contributed by atoms with Crippen LogP contribution in [0.5, 0.6) is 0 Å². The third-order valence-electron chi connectivity index (χ3n) is 2.56. The molecule has 1 aromatic carbocycles. The number of hydrogen-bond donors (Lipinski definition) is 2. The number of aromatic nitrogens is 2. The zero-order valence-corrected chi connectivity index (χ0v) is 9.49. The van der Waals surface area contributed by atoms with E-state index in [9.17, 15) is 9.18 Å². The summed E-state index contributed by atoms with van der Waals surface area (Å²) in [5, 5.41) is 11.2. The molecule has 0 aliphatic carbocycles. The van der Waals surface area contributed by atoms with Crippen molar-refractivity contribution in [1.29, 1.82) is 0 Å². The van der Waals surface area contributed by atoms with Crippen molar-refractivity contribution in [2.75, 3.05) is 11.9 Å². The van der Waals surface area contributed by atoms with Crippen LogP contribution in [-0.2, 0) is 11.8 Å². The molecule has 0 fully saturated rings. The Morgan fingerprint density at radius 2 is 2.29 bits per heavy atom. The van der Waals surface area contributed by atoms with Crippen LogP contribution in [0.3, 0.4) is 0 Å². The van der Waals surface area contributed by atoms with Gasteiger partial charge >= 0.3 is 5.97 Å². The van der Waals surface area contributed by atoms with E-state index in [1.807, 2.05) is 0 Å². The van der Waals surface area contributed by atoms with Gasteiger partial charge in [0.1, 0.15) is 12.4 Å². The molecule has 0 amide bonds. The molecule has 2 N–H and O–H groups in total. The zero-order valence-electron chi connectivity index (χ0n) is 9.49. The molecule has 0 atom stereocenters. The Hall–Kier alpha value is -2.11. The summed E-state index contributed by atoms with van der Waals surface area (Å²) in [5.41, 5.74) is 1.78. The van der Waals surface area contributed by atoms with Gasteiger partial charge in [0.2, 0.25) is 5.95 Å². The molecule has 0 aliphatic rings. The number of nitrogens with zero attached hydrogens (tertiary/aromatic N) is 2. The minimum atomic E-state index is -0.973. The number of nitrogens with one attached hydrogen (secondary N) is 1. The minimum Gasteiger partial charge on any atom is -0.480 e. The Morgan fingerprint density at radius 1 is 1.59 bits per heavy atom. The highest BCUT2D eigenvalue weighted by atomic mass is 19.1. The van der Waals surface area contributed by atoms with E-state index < -0.39 is 5.97 Å². The van der Waals surface area contributed by atoms with Gasteiger partial charge in [-0.1, -0.05) is 0 Å². The molecule has 0 saturated carbocycles. The topological polar surface area (TPSA) is 67.2 Å². The largest absolute Gasteiger partial charge is 0.480 e. The molecule has 90 valence electrons. The molecule has 1 heterocycles. The first-order chi connectivity index (χ1) is 7.99. The van der Waals surface area contributed by atoms with Gasteiger partial charge in [0.15, 0.2) is 0 Å². The number of carboxylic acids is 1. The van der Waals surface area contributed by atoms with Crippen LogP contribution in [0.4, 0.5) is 10.3 Å². The van der Waals surface area contributed by atoms with Crippen molar-refractivity contribution in [2.24, 2.45) is 7.05 Å². The van der Waals surface area contributed by atoms with Gasteiger partial charge in [-0.3, -0.25) is 4.79 Å². The Labute approximate surface area is 96.9 Å². The lowest BCUT2D eigenvalue weighted by Crippen LogP contribution is -2.14. The van der Waals surface area contributed by atoms with E-state index in [0.717, 1.165) is 0 Å². The van der Waals surface area contributed by atoms with E-state index in [1.165, 1.54) is 6.07 Å². The van der Waals surface area contributed by atoms with Crippen LogP contribution >= 0.6 is 0 Å². The number of hydrogen-bond acceptors (Lipinski definition) is 3. The van der Waals surface area contributed by atoms with Gasteiger partial charge in [-0.25, -0.2) is 9.37 Å². The lowest BCUT2D eigenvalue weighted by molar-refractivity contribution is -0.134. The number of halogens is 1. The number of carboxylic acid groups (broad SMARTS) is 1. The molecule has 1 aromatic heterocycles. The standard InChI is InChI=1S/C11H12FN3O2/c1-6-3-8-9(4-7(6)12)15(2)11(14-8)13-5-10(16)17/h3-4H,5H2,1-2H3,(H,13,14)(H,16,17). The average Bonchev–Trinajstić information content (AvgIpc) is 2.54. The normalized spacial score (nSPS) is 10.8. The van der Waals surface area contributed by atoms with Crippen LogP contribution in [0, 0.1) is 12.7 Å². The number of anilines is 1. The molecular formula is C11H12FN3O2. The third-order valence-corrected chi connectivity index (χ3v) is 2.56. The van der Waals surface area contributed by atoms with Crippen molar-refractivity contribution in [2.45, 2.75) is 6.92 Å². The van der Waals surface area contributed by atoms with Crippen molar-refractivity contribution in [3.8, 4) is 0 Å². The number of benzene rings is 1. The Bertz CT molecular complexity index is 592. The molecule has 0 aliphatic heterocycles. The first kappa shape index (κ1) is 11.4. The molecule has 0 saturated heterocycles. The molecular weight excluding hydrogens is 225 g/mol. The number of aryl methyl sites for hydroxylation is 2. The van der Waals surface area contributed by atoms with Gasteiger partial charge in [0.05, 0.1) is 11.0 Å². The van der Waals surface area contributed by atoms with Crippen molar-refractivity contribution >= 4 is 23.0 Å². The summed E-state index contributed by atoms with van der Waals surface area (Å²) < 4.78 is 15.0. The summed E-state index contributed by atoms with van der Waals surface area (Å²) in [4.78, 5) is 14.7. The first-order valence-electron chi connectivity index (χ1n) is 5.07. The smallest absolute Gasteiger partial charge is 0.322 e. The average molecular weight is 237 g/mol. The van der Waals surface area contributed by atoms with E-state index in [-0.39, 0.29) is 12.4 Å². The summed E-state index contributed by atoms with van der Waals surface area (Å²) in [5.74, 6) is -0.864. The zero-order chi connectivity index (χ0) is 12.6. The highest BCUT2D eigenvalue weighted by molar-refractivity contribution is 5.80. The maximum Gasteiger partial charge on any atom is 0.322 e. The molecule has 2 aromatic rings. The molecule has 0 unspecified atom stereocenters. The van der Waals surface area contributed by atoms with Crippen LogP contribution in [0.25, 0.3) is 11.0 Å². The second-order valence-corrected chi connectivity index (χ2v) is 3.83. The molecule has 2 rings (SSSR count). The van der Waals surface area contributed by atoms with Crippen LogP contribution in [-0.4, -0.2) is 27.2 Å². The number of imidazole rings is 1. The van der Waals surface area contributed by atoms with Crippen LogP contribution in [0.1, 0.15) is 5.56 Å². The van der Waals surface area contributed by atoms with Crippen LogP contribution in [0.2, 0.25) is 0 Å². The first-order valence-corrected chi connectivity index (χ1v) is 5.07. The third kappa shape index (κ3) is 2.06. The Morgan fingerprint density at radius 3 is 2.94 bits per heavy atom. The fourth-order valence-corrected chi connectivity index (χ4v) is 1.63. The highest BCUT2D eigenvalue weighted by Gasteiger charge is 2.10. The van der Waals surface area contributed by atoms with Gasteiger partial charge in [-0.15, -0.1) is 0 Å². The molecule has 5 nitrogen and oxygen atoms in total. The maximum atomic E-state index is 13.4. The summed E-state index contributed by atoms with van der Waals surface area (Å²) in [6.07, 6.45) is 0. The molecule has 17 heavy (non-hydrogen) atoms. The summed E-state index contributed by atoms with van der Waals surface area (Å²) >= 11 is 0. The lowest BCUT2D eigenvalue weighted by Gasteiger charge is -2.02. The van der Waals surface area contributed by atoms with Crippen molar-refractivity contribution in [3.63, 3.8) is 0 Å². The fourth-order valence-electron chi connectivity index (χ4n) is 1.63. The predicted octanol–water partition coefficient (Wildman–Crippen LogP) is 1.52. The van der Waals surface area contributed by atoms with Gasteiger partial charge in [-0.2, -0.15) is 0 Å². The van der Waals surface area contributed by atoms with E-state index in [0.29, 0.717) is 22.5 Å². The number of aliphatic carboxylic acids is 1. The lowest BCUT2D eigenvalue weighted by atomic mass is 10.2. The molecule has 0 spiro atoms. The number of fused-ring (bicyclic) bond motifs is 1. The molecule has 0 radical (unpaired) electrons. The van der Waals surface area contributed by atoms with E-state index in [2.05, 4.69) is 10.3 Å². The predicted molar refractivity (Wildman–Crippen MR) is 61.5 cm³/mol. The minimum absolute atomic E-state index is 0.224. The Balaban J connectivity index is 2.45. The van der Waals surface area contributed by atoms with Crippen molar-refractivity contribution in [3.05, 3.63) is 23.5 Å². The number of rotatable bonds is 3. The molecule has 6 heteroatoms. The van der Waals surface area contributed by atoms with Crippen molar-refractivity contribution < 1.29 is 14.3 Å². The summed E-state index contributed by atoms with van der Waals surface area (Å²) in [6.45, 7) is 1.44. The van der Waals surface area contributed by atoms with Crippen LogP contribution < -0.4 is 5.32 Å². The Kier molecular flexibility index (Phi) is 2.71. The SMILES string of the molecule is Cc1cc2nc(NCC(=O)O)n(C)c2cc1F. The van der Waals surface area contributed by atoms with Gasteiger partial charge in [-0.05, 0) is 18.6 Å². The maximum absolute atomic E-state index is 13.4. The monoisotopic (exact) mass is 237 g/mol. The highest BCUT2D eigenvalue weighted by Crippen LogP contribution is 2.21. The second-order valence-electron chi connectivity index (χ2n) is 3.83. The van der Waals surface area contributed by atoms with Crippen LogP contribution in [0.15, 0.2) is 12.1 Å². The fraction of sp³-hybridized carbons (Fsp3) is 0.273. The number of carbonyl (C=O) groups is 1. The van der Waals surface area contributed by atoms with E-state index >= 15 is 0 Å². The van der Waals surface area contributed by atoms with Gasteiger partial charge in [0, 0.05) is 13.1 Å². The van der Waals surface area contributed by atoms with Gasteiger partial charge in [0.25, 0.3) is 0 Å². The van der Waals surface area contributed by atoms with E-state index in [1.54, 1.807) is 24.6 Å². The summed E-state index contributed by atoms with van der Waals surface area (Å²) in [7, 11) is 1.70. The summed E-state index contributed by atoms with van der Waals surface area (Å²) in [6, 6.07) is 3.03. The molecule has 0 bridgehead atoms. The van der Waals surface area contributed by atoms with E-state index in [4.69, 9.17) is 5.11 Å².